The Bertz CT molecular complexity index is 163. The third-order valence-corrected chi connectivity index (χ3v) is 2.27. The van der Waals surface area contributed by atoms with Crippen LogP contribution in [0, 0.1) is 0 Å². The molecule has 0 aromatic heterocycles. The van der Waals surface area contributed by atoms with Gasteiger partial charge in [0.15, 0.2) is 0 Å². The zero-order valence-electron chi connectivity index (χ0n) is 10.00. The number of nitrogens with zero attached hydrogens (tertiary/aromatic N) is 1. The summed E-state index contributed by atoms with van der Waals surface area (Å²) in [5, 5.41) is 0. The second-order valence-electron chi connectivity index (χ2n) is 3.62. The van der Waals surface area contributed by atoms with Crippen molar-refractivity contribution >= 4 is 5.91 Å². The average molecular weight is 216 g/mol. The number of ether oxygens (including phenoxy) is 1. The van der Waals surface area contributed by atoms with Crippen molar-refractivity contribution in [2.24, 2.45) is 5.73 Å². The minimum absolute atomic E-state index is 0.200. The first-order valence-electron chi connectivity index (χ1n) is 5.73. The predicted molar refractivity (Wildman–Crippen MR) is 61.7 cm³/mol. The molecule has 0 aliphatic heterocycles. The Morgan fingerprint density at radius 2 is 2.07 bits per heavy atom. The van der Waals surface area contributed by atoms with Crippen LogP contribution in [-0.4, -0.2) is 44.2 Å². The van der Waals surface area contributed by atoms with Gasteiger partial charge in [-0.3, -0.25) is 4.79 Å². The zero-order valence-corrected chi connectivity index (χ0v) is 10.00. The summed E-state index contributed by atoms with van der Waals surface area (Å²) in [4.78, 5) is 13.6. The Hall–Kier alpha value is -0.610. The third kappa shape index (κ3) is 7.33. The molecule has 90 valence electrons. The van der Waals surface area contributed by atoms with Gasteiger partial charge in [-0.25, -0.2) is 0 Å². The SMILES string of the molecule is CCCCN(CCN)C(=O)CCCOC. The Labute approximate surface area is 92.8 Å². The quantitative estimate of drug-likeness (QED) is 0.585. The lowest BCUT2D eigenvalue weighted by atomic mass is 10.2. The van der Waals surface area contributed by atoms with E-state index in [4.69, 9.17) is 10.5 Å². The summed E-state index contributed by atoms with van der Waals surface area (Å²) >= 11 is 0. The molecular weight excluding hydrogens is 192 g/mol. The minimum atomic E-state index is 0.200. The van der Waals surface area contributed by atoms with Crippen LogP contribution >= 0.6 is 0 Å². The van der Waals surface area contributed by atoms with Gasteiger partial charge in [0.25, 0.3) is 0 Å². The molecule has 0 aromatic carbocycles. The molecule has 0 aromatic rings. The largest absolute Gasteiger partial charge is 0.385 e. The van der Waals surface area contributed by atoms with E-state index in [2.05, 4.69) is 6.92 Å². The van der Waals surface area contributed by atoms with Crippen molar-refractivity contribution in [1.29, 1.82) is 0 Å². The highest BCUT2D eigenvalue weighted by Gasteiger charge is 2.11. The molecule has 0 fully saturated rings. The molecule has 15 heavy (non-hydrogen) atoms. The Kier molecular flexibility index (Phi) is 9.52. The van der Waals surface area contributed by atoms with Gasteiger partial charge in [0.05, 0.1) is 0 Å². The molecule has 0 aliphatic rings. The molecule has 0 bridgehead atoms. The fourth-order valence-corrected chi connectivity index (χ4v) is 1.39. The van der Waals surface area contributed by atoms with Crippen molar-refractivity contribution in [2.45, 2.75) is 32.6 Å². The van der Waals surface area contributed by atoms with E-state index in [1.807, 2.05) is 4.90 Å². The molecular formula is C11H24N2O2. The van der Waals surface area contributed by atoms with Gasteiger partial charge >= 0.3 is 0 Å². The van der Waals surface area contributed by atoms with Gasteiger partial charge in [-0.05, 0) is 12.8 Å². The van der Waals surface area contributed by atoms with Crippen molar-refractivity contribution in [3.05, 3.63) is 0 Å². The fraction of sp³-hybridized carbons (Fsp3) is 0.909. The maximum Gasteiger partial charge on any atom is 0.222 e. The van der Waals surface area contributed by atoms with Crippen molar-refractivity contribution < 1.29 is 9.53 Å². The second-order valence-corrected chi connectivity index (χ2v) is 3.62. The van der Waals surface area contributed by atoms with Crippen LogP contribution in [0.4, 0.5) is 0 Å². The van der Waals surface area contributed by atoms with Crippen LogP contribution in [0.2, 0.25) is 0 Å². The molecule has 4 heteroatoms. The number of methoxy groups -OCH3 is 1. The molecule has 0 heterocycles. The number of unbranched alkanes of at least 4 members (excludes halogenated alkanes) is 1. The number of hydrogen-bond acceptors (Lipinski definition) is 3. The molecule has 0 saturated carbocycles. The number of rotatable bonds is 9. The van der Waals surface area contributed by atoms with Crippen LogP contribution in [0.5, 0.6) is 0 Å². The molecule has 0 radical (unpaired) electrons. The predicted octanol–water partition coefficient (Wildman–Crippen LogP) is 1.00. The Balaban J connectivity index is 3.81. The number of hydrogen-bond donors (Lipinski definition) is 1. The fourth-order valence-electron chi connectivity index (χ4n) is 1.39. The molecule has 0 aliphatic carbocycles. The normalized spacial score (nSPS) is 10.3. The summed E-state index contributed by atoms with van der Waals surface area (Å²) in [6, 6.07) is 0. The third-order valence-electron chi connectivity index (χ3n) is 2.27. The van der Waals surface area contributed by atoms with Crippen molar-refractivity contribution in [3.63, 3.8) is 0 Å². The number of nitrogens with two attached hydrogens (primary N) is 1. The van der Waals surface area contributed by atoms with Gasteiger partial charge < -0.3 is 15.4 Å². The maximum absolute atomic E-state index is 11.7. The molecule has 0 rings (SSSR count). The first kappa shape index (κ1) is 14.4. The maximum atomic E-state index is 11.7. The first-order chi connectivity index (χ1) is 7.26. The lowest BCUT2D eigenvalue weighted by Crippen LogP contribution is -2.36. The van der Waals surface area contributed by atoms with Crippen LogP contribution in [0.3, 0.4) is 0 Å². The molecule has 2 N–H and O–H groups in total. The second kappa shape index (κ2) is 9.93. The van der Waals surface area contributed by atoms with Crippen LogP contribution in [0.1, 0.15) is 32.6 Å². The van der Waals surface area contributed by atoms with E-state index in [-0.39, 0.29) is 5.91 Å². The van der Waals surface area contributed by atoms with Crippen LogP contribution < -0.4 is 5.73 Å². The van der Waals surface area contributed by atoms with E-state index in [0.29, 0.717) is 26.1 Å². The van der Waals surface area contributed by atoms with Gasteiger partial charge in [-0.1, -0.05) is 13.3 Å². The zero-order chi connectivity index (χ0) is 11.5. The van der Waals surface area contributed by atoms with Gasteiger partial charge in [-0.15, -0.1) is 0 Å². The average Bonchev–Trinajstić information content (AvgIpc) is 2.24. The lowest BCUT2D eigenvalue weighted by Gasteiger charge is -2.21. The molecule has 0 atom stereocenters. The van der Waals surface area contributed by atoms with Crippen LogP contribution in [-0.2, 0) is 9.53 Å². The molecule has 0 saturated heterocycles. The smallest absolute Gasteiger partial charge is 0.222 e. The first-order valence-corrected chi connectivity index (χ1v) is 5.73. The highest BCUT2D eigenvalue weighted by atomic mass is 16.5. The van der Waals surface area contributed by atoms with E-state index in [1.165, 1.54) is 0 Å². The van der Waals surface area contributed by atoms with E-state index in [0.717, 1.165) is 25.8 Å². The minimum Gasteiger partial charge on any atom is -0.385 e. The van der Waals surface area contributed by atoms with E-state index in [9.17, 15) is 4.79 Å². The summed E-state index contributed by atoms with van der Waals surface area (Å²) < 4.78 is 4.92. The van der Waals surface area contributed by atoms with Gasteiger partial charge in [0.2, 0.25) is 5.91 Å². The highest BCUT2D eigenvalue weighted by Crippen LogP contribution is 2.00. The van der Waals surface area contributed by atoms with Crippen LogP contribution in [0.15, 0.2) is 0 Å². The summed E-state index contributed by atoms with van der Waals surface area (Å²) in [7, 11) is 1.65. The van der Waals surface area contributed by atoms with E-state index < -0.39 is 0 Å². The van der Waals surface area contributed by atoms with Crippen molar-refractivity contribution in [3.8, 4) is 0 Å². The van der Waals surface area contributed by atoms with Crippen molar-refractivity contribution in [1.82, 2.24) is 4.90 Å². The monoisotopic (exact) mass is 216 g/mol. The number of carbonyl (C=O) groups excluding carboxylic acids is 1. The summed E-state index contributed by atoms with van der Waals surface area (Å²) in [5.74, 6) is 0.200. The van der Waals surface area contributed by atoms with E-state index in [1.54, 1.807) is 7.11 Å². The summed E-state index contributed by atoms with van der Waals surface area (Å²) in [6.45, 7) is 4.82. The van der Waals surface area contributed by atoms with Crippen LogP contribution in [0.25, 0.3) is 0 Å². The molecule has 0 unspecified atom stereocenters. The van der Waals surface area contributed by atoms with E-state index >= 15 is 0 Å². The lowest BCUT2D eigenvalue weighted by molar-refractivity contribution is -0.131. The highest BCUT2D eigenvalue weighted by molar-refractivity contribution is 5.76. The number of amides is 1. The van der Waals surface area contributed by atoms with Gasteiger partial charge in [0.1, 0.15) is 0 Å². The van der Waals surface area contributed by atoms with Gasteiger partial charge in [0, 0.05) is 39.8 Å². The molecule has 4 nitrogen and oxygen atoms in total. The topological polar surface area (TPSA) is 55.6 Å². The number of carbonyl (C=O) groups is 1. The Morgan fingerprint density at radius 1 is 1.33 bits per heavy atom. The van der Waals surface area contributed by atoms with Gasteiger partial charge in [-0.2, -0.15) is 0 Å². The molecule has 1 amide bonds. The summed E-state index contributed by atoms with van der Waals surface area (Å²) in [5.41, 5.74) is 5.48. The van der Waals surface area contributed by atoms with Crippen molar-refractivity contribution in [2.75, 3.05) is 33.4 Å². The Morgan fingerprint density at radius 3 is 2.60 bits per heavy atom. The molecule has 0 spiro atoms. The standard InChI is InChI=1S/C11H24N2O2/c1-3-4-8-13(9-7-12)11(14)6-5-10-15-2/h3-10,12H2,1-2H3. The summed E-state index contributed by atoms with van der Waals surface area (Å²) in [6.07, 6.45) is 3.52.